The van der Waals surface area contributed by atoms with Gasteiger partial charge in [0.1, 0.15) is 6.10 Å². The van der Waals surface area contributed by atoms with Gasteiger partial charge in [-0.2, -0.15) is 0 Å². The van der Waals surface area contributed by atoms with Crippen molar-refractivity contribution in [3.8, 4) is 0 Å². The van der Waals surface area contributed by atoms with E-state index in [1.54, 1.807) is 12.2 Å². The van der Waals surface area contributed by atoms with Crippen LogP contribution in [-0.4, -0.2) is 48.6 Å². The molecule has 1 saturated carbocycles. The van der Waals surface area contributed by atoms with Crippen LogP contribution in [0.25, 0.3) is 0 Å². The predicted octanol–water partition coefficient (Wildman–Crippen LogP) is 0.687. The summed E-state index contributed by atoms with van der Waals surface area (Å²) in [7, 11) is 0. The first-order chi connectivity index (χ1) is 10.6. The zero-order valence-electron chi connectivity index (χ0n) is 13.5. The van der Waals surface area contributed by atoms with Crippen molar-refractivity contribution in [2.45, 2.75) is 57.0 Å². The van der Waals surface area contributed by atoms with Crippen LogP contribution in [0, 0.1) is 5.92 Å². The second kappa shape index (κ2) is 6.52. The van der Waals surface area contributed by atoms with Crippen molar-refractivity contribution < 1.29 is 24.9 Å². The topological polar surface area (TPSA) is 87.0 Å². The molecule has 0 spiro atoms. The average Bonchev–Trinajstić information content (AvgIpc) is 2.98. The molecule has 3 N–H and O–H groups in total. The Hall–Kier alpha value is -1.17. The van der Waals surface area contributed by atoms with Gasteiger partial charge >= 0.3 is 5.97 Å². The normalized spacial score (nSPS) is 33.4. The Bertz CT molecular complexity index is 447. The van der Waals surface area contributed by atoms with Crippen LogP contribution in [-0.2, 0) is 9.53 Å². The lowest BCUT2D eigenvalue weighted by atomic mass is 9.98. The lowest BCUT2D eigenvalue weighted by molar-refractivity contribution is -0.139. The number of hydrogen-bond donors (Lipinski definition) is 3. The average molecular weight is 286 g/mol. The number of esters is 1. The van der Waals surface area contributed by atoms with E-state index in [4.69, 9.17) is 7.60 Å². The highest BCUT2D eigenvalue weighted by atomic mass is 16.5. The molecule has 2 aliphatic rings. The van der Waals surface area contributed by atoms with Crippen molar-refractivity contribution in [2.75, 3.05) is 0 Å². The van der Waals surface area contributed by atoms with Crippen molar-refractivity contribution in [3.05, 3.63) is 23.8 Å². The maximum Gasteiger partial charge on any atom is 0.331 e. The quantitative estimate of drug-likeness (QED) is 0.451. The maximum atomic E-state index is 11.3. The van der Waals surface area contributed by atoms with Gasteiger partial charge in [-0.25, -0.2) is 4.79 Å². The molecule has 5 heteroatoms. The number of carbonyl (C=O) groups is 1. The lowest BCUT2D eigenvalue weighted by Gasteiger charge is -2.12. The molecule has 0 aromatic heterocycles. The van der Waals surface area contributed by atoms with Gasteiger partial charge in [-0.15, -0.1) is 0 Å². The third-order valence-electron chi connectivity index (χ3n) is 3.93. The van der Waals surface area contributed by atoms with Gasteiger partial charge in [0, 0.05) is 18.4 Å². The number of ether oxygens (including phenoxy) is 1. The molecular formula is C15H22O5. The summed E-state index contributed by atoms with van der Waals surface area (Å²) in [6.07, 6.45) is 5.73. The Balaban J connectivity index is 1.93. The molecule has 0 saturated heterocycles. The molecule has 0 radical (unpaired) electrons. The predicted molar refractivity (Wildman–Crippen MR) is 72.8 cm³/mol. The molecule has 2 unspecified atom stereocenters. The SMILES string of the molecule is [3H]OC(/C=C/[C@H]1C2=CC(=O)O[C@H]2C[C@H]1O)CCC(CC)O[3H]. The van der Waals surface area contributed by atoms with Crippen molar-refractivity contribution in [3.63, 3.8) is 0 Å². The Morgan fingerprint density at radius 3 is 3.10 bits per heavy atom. The Morgan fingerprint density at radius 2 is 2.40 bits per heavy atom. The molecule has 1 aliphatic carbocycles. The largest absolute Gasteiger partial charge is 0.455 e. The van der Waals surface area contributed by atoms with E-state index in [1.807, 2.05) is 6.92 Å². The van der Waals surface area contributed by atoms with Crippen molar-refractivity contribution >= 4 is 5.97 Å². The smallest absolute Gasteiger partial charge is 0.331 e. The second-order valence-corrected chi connectivity index (χ2v) is 5.43. The first kappa shape index (κ1) is 12.6. The van der Waals surface area contributed by atoms with E-state index in [-0.39, 0.29) is 24.1 Å². The fourth-order valence-electron chi connectivity index (χ4n) is 2.69. The van der Waals surface area contributed by atoms with Gasteiger partial charge in [0.2, 0.25) is 2.86 Å². The molecule has 5 nitrogen and oxygen atoms in total. The Labute approximate surface area is 121 Å². The summed E-state index contributed by atoms with van der Waals surface area (Å²) in [5, 5.41) is 19.3. The molecule has 0 bridgehead atoms. The van der Waals surface area contributed by atoms with Crippen LogP contribution in [0.2, 0.25) is 0 Å². The van der Waals surface area contributed by atoms with Gasteiger partial charge in [-0.1, -0.05) is 19.1 Å². The third-order valence-corrected chi connectivity index (χ3v) is 3.93. The van der Waals surface area contributed by atoms with Crippen LogP contribution >= 0.6 is 0 Å². The lowest BCUT2D eigenvalue weighted by Crippen LogP contribution is -2.14. The zero-order chi connectivity index (χ0) is 16.1. The molecule has 2 rings (SSSR count). The number of hydrogen-bond acceptors (Lipinski definition) is 5. The van der Waals surface area contributed by atoms with E-state index >= 15 is 0 Å². The first-order valence-electron chi connectivity index (χ1n) is 7.93. The Kier molecular flexibility index (Phi) is 4.10. The number of carbonyl (C=O) groups excluding carboxylic acids is 1. The molecule has 1 aliphatic heterocycles. The van der Waals surface area contributed by atoms with Crippen LogP contribution in [0.4, 0.5) is 0 Å². The maximum absolute atomic E-state index is 11.3. The van der Waals surface area contributed by atoms with E-state index in [0.717, 1.165) is 12.0 Å². The number of aliphatic hydroxyl groups excluding tert-OH is 3. The van der Waals surface area contributed by atoms with Gasteiger partial charge in [0.15, 0.2) is 0 Å². The first-order valence-corrected chi connectivity index (χ1v) is 7.11. The fraction of sp³-hybridized carbons (Fsp3) is 0.667. The van der Waals surface area contributed by atoms with Crippen LogP contribution in [0.3, 0.4) is 0 Å². The summed E-state index contributed by atoms with van der Waals surface area (Å²) in [4.78, 5) is 11.3. The molecule has 0 aromatic carbocycles. The Morgan fingerprint density at radius 1 is 1.55 bits per heavy atom. The van der Waals surface area contributed by atoms with Gasteiger partial charge < -0.3 is 20.1 Å². The van der Waals surface area contributed by atoms with Crippen molar-refractivity contribution in [1.82, 2.24) is 0 Å². The summed E-state index contributed by atoms with van der Waals surface area (Å²) in [5.74, 6) is -0.638. The minimum absolute atomic E-state index is 0.170. The van der Waals surface area contributed by atoms with Crippen LogP contribution in [0.1, 0.15) is 32.6 Å². The second-order valence-electron chi connectivity index (χ2n) is 5.43. The standard InChI is InChI=1S/C15H22O5/c1-2-9(16)3-4-10(17)5-6-11-12-7-15(19)20-14(12)8-13(11)18/h5-7,9-11,13-14,16-18H,2-4,8H2,1H3/b6-5+/t9?,10?,11-,13+,14-/m0/s1/i16T,17T. The minimum atomic E-state index is -0.591. The highest BCUT2D eigenvalue weighted by molar-refractivity contribution is 5.86. The molecule has 1 heterocycles. The number of aliphatic hydroxyl groups is 3. The van der Waals surface area contributed by atoms with Gasteiger partial charge in [-0.3, -0.25) is 0 Å². The van der Waals surface area contributed by atoms with E-state index in [1.165, 1.54) is 6.08 Å². The number of rotatable bonds is 8. The highest BCUT2D eigenvalue weighted by Crippen LogP contribution is 2.38. The third kappa shape index (κ3) is 3.48. The number of fused-ring (bicyclic) bond motifs is 1. The summed E-state index contributed by atoms with van der Waals surface area (Å²) < 4.78 is 19.2. The highest BCUT2D eigenvalue weighted by Gasteiger charge is 2.42. The van der Waals surface area contributed by atoms with Gasteiger partial charge in [0.25, 0.3) is 0 Å². The van der Waals surface area contributed by atoms with Crippen molar-refractivity contribution in [1.29, 1.82) is 2.86 Å². The summed E-state index contributed by atoms with van der Waals surface area (Å²) >= 11 is 0. The molecule has 0 aromatic rings. The molecular weight excluding hydrogens is 260 g/mol. The van der Waals surface area contributed by atoms with Crippen molar-refractivity contribution in [2.24, 2.45) is 5.92 Å². The molecule has 20 heavy (non-hydrogen) atoms. The van der Waals surface area contributed by atoms with Crippen LogP contribution in [0.15, 0.2) is 23.8 Å². The molecule has 5 atom stereocenters. The van der Waals surface area contributed by atoms with E-state index < -0.39 is 12.2 Å². The van der Waals surface area contributed by atoms with E-state index in [9.17, 15) is 9.90 Å². The minimum Gasteiger partial charge on any atom is -0.455 e. The van der Waals surface area contributed by atoms with Crippen LogP contribution < -0.4 is 0 Å². The van der Waals surface area contributed by atoms with E-state index in [0.29, 0.717) is 19.3 Å². The summed E-state index contributed by atoms with van der Waals surface area (Å²) in [6.45, 7) is 1.93. The molecule has 1 fully saturated rings. The van der Waals surface area contributed by atoms with E-state index in [2.05, 4.69) is 10.2 Å². The molecule has 0 amide bonds. The summed E-state index contributed by atoms with van der Waals surface area (Å²) in [5.41, 5.74) is 0.790. The van der Waals surface area contributed by atoms with Gasteiger partial charge in [-0.05, 0) is 24.8 Å². The molecule has 112 valence electrons. The fourth-order valence-corrected chi connectivity index (χ4v) is 2.69. The zero-order valence-corrected chi connectivity index (χ0v) is 11.5. The summed E-state index contributed by atoms with van der Waals surface area (Å²) in [6, 6.07) is 0. The van der Waals surface area contributed by atoms with Gasteiger partial charge in [0.05, 0.1) is 18.3 Å². The van der Waals surface area contributed by atoms with Crippen LogP contribution in [0.5, 0.6) is 0 Å². The monoisotopic (exact) mass is 286 g/mol.